The fourth-order valence-corrected chi connectivity index (χ4v) is 3.55. The van der Waals surface area contributed by atoms with E-state index < -0.39 is 10.7 Å². The molecule has 4 rings (SSSR count). The Hall–Kier alpha value is -3.66. The second kappa shape index (κ2) is 8.60. The van der Waals surface area contributed by atoms with Crippen molar-refractivity contribution in [2.45, 2.75) is 26.1 Å². The minimum atomic E-state index is -0.584. The maximum Gasteiger partial charge on any atom is 0.291 e. The summed E-state index contributed by atoms with van der Waals surface area (Å²) in [6.07, 6.45) is 1.62. The highest BCUT2D eigenvalue weighted by Crippen LogP contribution is 2.27. The number of fused-ring (bicyclic) bond motifs is 1. The SMILES string of the molecule is COCCn1cc2c(n1)CN(C(=O)Cc1nc(-c3ccccc3F)ccc1[N+](=O)[O-])C2. The molecule has 1 aliphatic rings. The molecule has 9 nitrogen and oxygen atoms in total. The fraction of sp³-hybridized carbons (Fsp3) is 0.286. The summed E-state index contributed by atoms with van der Waals surface area (Å²) >= 11 is 0. The van der Waals surface area contributed by atoms with E-state index in [1.54, 1.807) is 28.8 Å². The minimum absolute atomic E-state index is 0.00505. The van der Waals surface area contributed by atoms with Crippen LogP contribution in [0.1, 0.15) is 17.0 Å². The second-order valence-electron chi connectivity index (χ2n) is 7.18. The highest BCUT2D eigenvalue weighted by atomic mass is 19.1. The number of rotatable bonds is 7. The summed E-state index contributed by atoms with van der Waals surface area (Å²) < 4.78 is 21.0. The lowest BCUT2D eigenvalue weighted by Gasteiger charge is -2.16. The standard InChI is InChI=1S/C21H20FN5O4/c1-31-9-8-26-12-14-11-25(13-19(14)24-26)21(28)10-18-20(27(29)30)7-6-17(23-18)15-4-2-3-5-16(15)22/h2-7,12H,8-11,13H2,1H3. The van der Waals surface area contributed by atoms with Crippen LogP contribution in [0.3, 0.4) is 0 Å². The van der Waals surface area contributed by atoms with Crippen molar-refractivity contribution in [1.29, 1.82) is 0 Å². The average molecular weight is 425 g/mol. The van der Waals surface area contributed by atoms with Gasteiger partial charge in [-0.1, -0.05) is 12.1 Å². The van der Waals surface area contributed by atoms with E-state index >= 15 is 0 Å². The predicted octanol–water partition coefficient (Wildman–Crippen LogP) is 2.72. The van der Waals surface area contributed by atoms with Crippen LogP contribution >= 0.6 is 0 Å². The molecule has 2 aromatic heterocycles. The van der Waals surface area contributed by atoms with Gasteiger partial charge >= 0.3 is 0 Å². The Morgan fingerprint density at radius 3 is 2.77 bits per heavy atom. The molecule has 160 valence electrons. The van der Waals surface area contributed by atoms with Gasteiger partial charge in [0.05, 0.1) is 42.4 Å². The summed E-state index contributed by atoms with van der Waals surface area (Å²) in [7, 11) is 1.62. The lowest BCUT2D eigenvalue weighted by atomic mass is 10.1. The smallest absolute Gasteiger partial charge is 0.291 e. The van der Waals surface area contributed by atoms with Gasteiger partial charge in [0.25, 0.3) is 5.69 Å². The molecule has 0 saturated carbocycles. The summed E-state index contributed by atoms with van der Waals surface area (Å²) in [5.41, 5.74) is 1.93. The molecular formula is C21H20FN5O4. The van der Waals surface area contributed by atoms with Crippen LogP contribution in [0.4, 0.5) is 10.1 Å². The normalized spacial score (nSPS) is 12.8. The Balaban J connectivity index is 1.53. The van der Waals surface area contributed by atoms with E-state index in [9.17, 15) is 19.3 Å². The van der Waals surface area contributed by atoms with Crippen molar-refractivity contribution >= 4 is 11.6 Å². The Morgan fingerprint density at radius 2 is 2.06 bits per heavy atom. The van der Waals surface area contributed by atoms with Gasteiger partial charge in [-0.15, -0.1) is 0 Å². The highest BCUT2D eigenvalue weighted by Gasteiger charge is 2.29. The van der Waals surface area contributed by atoms with Gasteiger partial charge < -0.3 is 9.64 Å². The van der Waals surface area contributed by atoms with Crippen molar-refractivity contribution in [3.05, 3.63) is 75.5 Å². The average Bonchev–Trinajstić information content (AvgIpc) is 3.31. The molecule has 0 atom stereocenters. The summed E-state index contributed by atoms with van der Waals surface area (Å²) in [6.45, 7) is 1.87. The van der Waals surface area contributed by atoms with Crippen molar-refractivity contribution in [3.8, 4) is 11.3 Å². The molecule has 0 N–H and O–H groups in total. The number of pyridine rings is 1. The van der Waals surface area contributed by atoms with Crippen molar-refractivity contribution in [2.75, 3.05) is 13.7 Å². The Bertz CT molecular complexity index is 1120. The molecule has 3 heterocycles. The zero-order valence-electron chi connectivity index (χ0n) is 16.8. The van der Waals surface area contributed by atoms with Gasteiger partial charge in [0, 0.05) is 37.0 Å². The van der Waals surface area contributed by atoms with Gasteiger partial charge in [0.2, 0.25) is 5.91 Å². The first-order valence-electron chi connectivity index (χ1n) is 9.67. The third-order valence-corrected chi connectivity index (χ3v) is 5.12. The molecule has 0 saturated heterocycles. The molecule has 1 amide bonds. The van der Waals surface area contributed by atoms with Crippen LogP contribution in [-0.2, 0) is 35.6 Å². The number of hydrogen-bond acceptors (Lipinski definition) is 6. The van der Waals surface area contributed by atoms with Crippen LogP contribution in [-0.4, -0.2) is 44.2 Å². The van der Waals surface area contributed by atoms with E-state index in [-0.39, 0.29) is 35.0 Å². The Morgan fingerprint density at radius 1 is 1.26 bits per heavy atom. The molecule has 0 fully saturated rings. The van der Waals surface area contributed by atoms with Gasteiger partial charge in [-0.3, -0.25) is 19.6 Å². The summed E-state index contributed by atoms with van der Waals surface area (Å²) in [5, 5.41) is 15.9. The molecule has 31 heavy (non-hydrogen) atoms. The first-order valence-corrected chi connectivity index (χ1v) is 9.67. The number of nitrogens with zero attached hydrogens (tertiary/aromatic N) is 5. The molecule has 10 heteroatoms. The van der Waals surface area contributed by atoms with Gasteiger partial charge in [0.15, 0.2) is 0 Å². The van der Waals surface area contributed by atoms with Gasteiger partial charge in [-0.05, 0) is 18.2 Å². The number of aromatic nitrogens is 3. The molecular weight excluding hydrogens is 405 g/mol. The zero-order valence-corrected chi connectivity index (χ0v) is 16.8. The molecule has 0 radical (unpaired) electrons. The second-order valence-corrected chi connectivity index (χ2v) is 7.18. The number of benzene rings is 1. The number of hydrogen-bond donors (Lipinski definition) is 0. The van der Waals surface area contributed by atoms with E-state index in [0.717, 1.165) is 11.3 Å². The molecule has 0 unspecified atom stereocenters. The number of carbonyl (C=O) groups is 1. The first kappa shape index (κ1) is 20.6. The molecule has 0 aliphatic carbocycles. The highest BCUT2D eigenvalue weighted by molar-refractivity contribution is 5.80. The number of methoxy groups -OCH3 is 1. The number of amides is 1. The Labute approximate surface area is 177 Å². The lowest BCUT2D eigenvalue weighted by molar-refractivity contribution is -0.385. The summed E-state index contributed by atoms with van der Waals surface area (Å²) in [4.78, 5) is 29.6. The third kappa shape index (κ3) is 4.29. The molecule has 0 spiro atoms. The van der Waals surface area contributed by atoms with E-state index in [0.29, 0.717) is 26.2 Å². The van der Waals surface area contributed by atoms with E-state index in [1.807, 2.05) is 6.20 Å². The maximum absolute atomic E-state index is 14.1. The lowest BCUT2D eigenvalue weighted by Crippen LogP contribution is -2.28. The van der Waals surface area contributed by atoms with Crippen molar-refractivity contribution in [3.63, 3.8) is 0 Å². The van der Waals surface area contributed by atoms with Gasteiger partial charge in [-0.2, -0.15) is 5.10 Å². The fourth-order valence-electron chi connectivity index (χ4n) is 3.55. The number of ether oxygens (including phenoxy) is 1. The van der Waals surface area contributed by atoms with Crippen LogP contribution in [0.5, 0.6) is 0 Å². The minimum Gasteiger partial charge on any atom is -0.383 e. The van der Waals surface area contributed by atoms with Crippen LogP contribution in [0.15, 0.2) is 42.6 Å². The van der Waals surface area contributed by atoms with Crippen LogP contribution in [0.2, 0.25) is 0 Å². The largest absolute Gasteiger partial charge is 0.383 e. The van der Waals surface area contributed by atoms with Gasteiger partial charge in [-0.25, -0.2) is 9.37 Å². The first-order chi connectivity index (χ1) is 15.0. The maximum atomic E-state index is 14.1. The summed E-state index contributed by atoms with van der Waals surface area (Å²) in [6, 6.07) is 8.68. The van der Waals surface area contributed by atoms with Crippen molar-refractivity contribution in [2.24, 2.45) is 0 Å². The van der Waals surface area contributed by atoms with Gasteiger partial charge in [0.1, 0.15) is 11.5 Å². The van der Waals surface area contributed by atoms with E-state index in [4.69, 9.17) is 4.74 Å². The molecule has 0 bridgehead atoms. The summed E-state index contributed by atoms with van der Waals surface area (Å²) in [5.74, 6) is -0.792. The van der Waals surface area contributed by atoms with Crippen molar-refractivity contribution < 1.29 is 18.8 Å². The molecule has 3 aromatic rings. The van der Waals surface area contributed by atoms with E-state index in [1.165, 1.54) is 24.3 Å². The predicted molar refractivity (Wildman–Crippen MR) is 108 cm³/mol. The third-order valence-electron chi connectivity index (χ3n) is 5.12. The zero-order chi connectivity index (χ0) is 22.0. The van der Waals surface area contributed by atoms with E-state index in [2.05, 4.69) is 10.1 Å². The quantitative estimate of drug-likeness (QED) is 0.426. The number of nitro groups is 1. The van der Waals surface area contributed by atoms with Crippen LogP contribution < -0.4 is 0 Å². The number of halogens is 1. The monoisotopic (exact) mass is 425 g/mol. The molecule has 1 aliphatic heterocycles. The van der Waals surface area contributed by atoms with Crippen molar-refractivity contribution in [1.82, 2.24) is 19.7 Å². The molecule has 1 aromatic carbocycles. The number of carbonyl (C=O) groups excluding carboxylic acids is 1. The van der Waals surface area contributed by atoms with Crippen LogP contribution in [0, 0.1) is 15.9 Å². The van der Waals surface area contributed by atoms with Crippen LogP contribution in [0.25, 0.3) is 11.3 Å². The topological polar surface area (TPSA) is 103 Å². The Kier molecular flexibility index (Phi) is 5.72.